The van der Waals surface area contributed by atoms with E-state index in [4.69, 9.17) is 5.11 Å². The molecule has 1 rings (SSSR count). The van der Waals surface area contributed by atoms with Gasteiger partial charge in [-0.1, -0.05) is 12.1 Å². The summed E-state index contributed by atoms with van der Waals surface area (Å²) in [6.07, 6.45) is 0.344. The second-order valence-corrected chi connectivity index (χ2v) is 3.84. The van der Waals surface area contributed by atoms with Gasteiger partial charge in [-0.25, -0.2) is 0 Å². The zero-order valence-corrected chi connectivity index (χ0v) is 9.66. The van der Waals surface area contributed by atoms with E-state index >= 15 is 0 Å². The van der Waals surface area contributed by atoms with Crippen molar-refractivity contribution in [3.63, 3.8) is 0 Å². The average molecular weight is 222 g/mol. The normalized spacial score (nSPS) is 12.1. The minimum atomic E-state index is -0.00668. The monoisotopic (exact) mass is 222 g/mol. The number of carbonyl (C=O) groups is 1. The number of aromatic hydroxyl groups is 1. The van der Waals surface area contributed by atoms with Gasteiger partial charge in [-0.15, -0.1) is 0 Å². The lowest BCUT2D eigenvalue weighted by Crippen LogP contribution is -2.37. The average Bonchev–Trinajstić information content (AvgIpc) is 2.29. The van der Waals surface area contributed by atoms with Crippen LogP contribution in [0.2, 0.25) is 0 Å². The summed E-state index contributed by atoms with van der Waals surface area (Å²) in [5.41, 5.74) is 0.896. The van der Waals surface area contributed by atoms with Crippen molar-refractivity contribution in [1.29, 1.82) is 0 Å². The smallest absolute Gasteiger partial charge is 0.224 e. The van der Waals surface area contributed by atoms with E-state index in [1.54, 1.807) is 24.3 Å². The van der Waals surface area contributed by atoms with Gasteiger partial charge in [0, 0.05) is 12.6 Å². The van der Waals surface area contributed by atoms with E-state index in [2.05, 4.69) is 10.6 Å². The third-order valence-corrected chi connectivity index (χ3v) is 2.40. The van der Waals surface area contributed by atoms with Crippen LogP contribution in [0.15, 0.2) is 24.3 Å². The van der Waals surface area contributed by atoms with E-state index < -0.39 is 0 Å². The molecule has 0 aliphatic carbocycles. The summed E-state index contributed by atoms with van der Waals surface area (Å²) in [6, 6.07) is 6.92. The first-order valence-corrected chi connectivity index (χ1v) is 5.33. The van der Waals surface area contributed by atoms with Gasteiger partial charge >= 0.3 is 0 Å². The van der Waals surface area contributed by atoms with Gasteiger partial charge in [0.2, 0.25) is 5.91 Å². The van der Waals surface area contributed by atoms with Gasteiger partial charge in [0.15, 0.2) is 0 Å². The molecule has 0 fully saturated rings. The van der Waals surface area contributed by atoms with Crippen LogP contribution in [0.25, 0.3) is 0 Å². The predicted molar refractivity (Wildman–Crippen MR) is 63.3 cm³/mol. The molecule has 1 aromatic rings. The largest absolute Gasteiger partial charge is 0.508 e. The SMILES string of the molecule is CNC(C)CNC(=O)Cc1ccc(O)cc1. The Morgan fingerprint density at radius 1 is 1.38 bits per heavy atom. The van der Waals surface area contributed by atoms with Crippen molar-refractivity contribution in [3.8, 4) is 5.75 Å². The van der Waals surface area contributed by atoms with Gasteiger partial charge in [-0.2, -0.15) is 0 Å². The van der Waals surface area contributed by atoms with Gasteiger partial charge in [-0.05, 0) is 31.7 Å². The molecule has 0 heterocycles. The molecule has 1 amide bonds. The second-order valence-electron chi connectivity index (χ2n) is 3.84. The zero-order chi connectivity index (χ0) is 12.0. The lowest BCUT2D eigenvalue weighted by molar-refractivity contribution is -0.120. The van der Waals surface area contributed by atoms with Gasteiger partial charge in [0.1, 0.15) is 5.75 Å². The van der Waals surface area contributed by atoms with Crippen molar-refractivity contribution in [1.82, 2.24) is 10.6 Å². The highest BCUT2D eigenvalue weighted by molar-refractivity contribution is 5.78. The number of hydrogen-bond acceptors (Lipinski definition) is 3. The van der Waals surface area contributed by atoms with E-state index in [0.29, 0.717) is 13.0 Å². The Balaban J connectivity index is 2.37. The van der Waals surface area contributed by atoms with Crippen molar-refractivity contribution in [2.45, 2.75) is 19.4 Å². The van der Waals surface area contributed by atoms with Gasteiger partial charge < -0.3 is 15.7 Å². The molecule has 1 aromatic carbocycles. The Morgan fingerprint density at radius 3 is 2.56 bits per heavy atom. The number of hydrogen-bond donors (Lipinski definition) is 3. The Hall–Kier alpha value is -1.55. The molecule has 0 saturated heterocycles. The first-order valence-electron chi connectivity index (χ1n) is 5.33. The Kier molecular flexibility index (Phi) is 4.79. The molecule has 0 aromatic heterocycles. The number of amides is 1. The fourth-order valence-electron chi connectivity index (χ4n) is 1.23. The first-order chi connectivity index (χ1) is 7.61. The van der Waals surface area contributed by atoms with Crippen LogP contribution in [0.3, 0.4) is 0 Å². The van der Waals surface area contributed by atoms with Crippen molar-refractivity contribution < 1.29 is 9.90 Å². The van der Waals surface area contributed by atoms with Crippen LogP contribution in [0, 0.1) is 0 Å². The lowest BCUT2D eigenvalue weighted by atomic mass is 10.1. The van der Waals surface area contributed by atoms with E-state index in [0.717, 1.165) is 5.56 Å². The van der Waals surface area contributed by atoms with E-state index in [1.807, 2.05) is 14.0 Å². The predicted octanol–water partition coefficient (Wildman–Crippen LogP) is 0.659. The highest BCUT2D eigenvalue weighted by Crippen LogP contribution is 2.09. The van der Waals surface area contributed by atoms with Crippen LogP contribution in [-0.2, 0) is 11.2 Å². The summed E-state index contributed by atoms with van der Waals surface area (Å²) < 4.78 is 0. The van der Waals surface area contributed by atoms with Gasteiger partial charge in [0.25, 0.3) is 0 Å². The molecular formula is C12H18N2O2. The summed E-state index contributed by atoms with van der Waals surface area (Å²) in [5, 5.41) is 15.0. The highest BCUT2D eigenvalue weighted by Gasteiger charge is 2.04. The second kappa shape index (κ2) is 6.12. The number of benzene rings is 1. The summed E-state index contributed by atoms with van der Waals surface area (Å²) in [4.78, 5) is 11.5. The van der Waals surface area contributed by atoms with E-state index in [1.165, 1.54) is 0 Å². The molecule has 16 heavy (non-hydrogen) atoms. The summed E-state index contributed by atoms with van der Waals surface area (Å²) in [7, 11) is 1.86. The number of phenolic OH excluding ortho intramolecular Hbond substituents is 1. The third-order valence-electron chi connectivity index (χ3n) is 2.40. The van der Waals surface area contributed by atoms with Crippen molar-refractivity contribution in [2.24, 2.45) is 0 Å². The fraction of sp³-hybridized carbons (Fsp3) is 0.417. The molecule has 88 valence electrons. The molecule has 4 nitrogen and oxygen atoms in total. The Morgan fingerprint density at radius 2 is 2.00 bits per heavy atom. The maximum Gasteiger partial charge on any atom is 0.224 e. The molecule has 0 aliphatic rings. The maximum absolute atomic E-state index is 11.5. The van der Waals surface area contributed by atoms with Crippen LogP contribution in [0.4, 0.5) is 0 Å². The van der Waals surface area contributed by atoms with Crippen molar-refractivity contribution >= 4 is 5.91 Å². The number of rotatable bonds is 5. The van der Waals surface area contributed by atoms with Crippen LogP contribution in [0.5, 0.6) is 5.75 Å². The molecule has 1 unspecified atom stereocenters. The number of nitrogens with one attached hydrogen (secondary N) is 2. The minimum absolute atomic E-state index is 0.00668. The highest BCUT2D eigenvalue weighted by atomic mass is 16.3. The molecule has 4 heteroatoms. The van der Waals surface area contributed by atoms with Gasteiger partial charge in [0.05, 0.1) is 6.42 Å². The van der Waals surface area contributed by atoms with Crippen molar-refractivity contribution in [2.75, 3.05) is 13.6 Å². The van der Waals surface area contributed by atoms with E-state index in [9.17, 15) is 4.79 Å². The van der Waals surface area contributed by atoms with Crippen LogP contribution < -0.4 is 10.6 Å². The summed E-state index contributed by atoms with van der Waals surface area (Å²) in [5.74, 6) is 0.209. The minimum Gasteiger partial charge on any atom is -0.508 e. The van der Waals surface area contributed by atoms with E-state index in [-0.39, 0.29) is 17.7 Å². The topological polar surface area (TPSA) is 61.4 Å². The molecule has 0 saturated carbocycles. The zero-order valence-electron chi connectivity index (χ0n) is 9.66. The summed E-state index contributed by atoms with van der Waals surface area (Å²) >= 11 is 0. The summed E-state index contributed by atoms with van der Waals surface area (Å²) in [6.45, 7) is 2.62. The standard InChI is InChI=1S/C12H18N2O2/c1-9(13-2)8-14-12(16)7-10-3-5-11(15)6-4-10/h3-6,9,13,15H,7-8H2,1-2H3,(H,14,16). The number of carbonyl (C=O) groups excluding carboxylic acids is 1. The van der Waals surface area contributed by atoms with Crippen LogP contribution in [0.1, 0.15) is 12.5 Å². The quantitative estimate of drug-likeness (QED) is 0.686. The Bertz CT molecular complexity index is 335. The third kappa shape index (κ3) is 4.31. The number of phenols is 1. The molecule has 0 spiro atoms. The van der Waals surface area contributed by atoms with Gasteiger partial charge in [-0.3, -0.25) is 4.79 Å². The van der Waals surface area contributed by atoms with Crippen molar-refractivity contribution in [3.05, 3.63) is 29.8 Å². The molecule has 0 aliphatic heterocycles. The molecule has 1 atom stereocenters. The molecule has 0 radical (unpaired) electrons. The lowest BCUT2D eigenvalue weighted by Gasteiger charge is -2.11. The fourth-order valence-corrected chi connectivity index (χ4v) is 1.23. The molecule has 3 N–H and O–H groups in total. The number of likely N-dealkylation sites (N-methyl/N-ethyl adjacent to an activating group) is 1. The van der Waals surface area contributed by atoms with Crippen LogP contribution in [-0.4, -0.2) is 30.6 Å². The first kappa shape index (κ1) is 12.5. The molecular weight excluding hydrogens is 204 g/mol. The Labute approximate surface area is 95.7 Å². The van der Waals surface area contributed by atoms with Crippen LogP contribution >= 0.6 is 0 Å². The molecule has 0 bridgehead atoms. The maximum atomic E-state index is 11.5.